The van der Waals surface area contributed by atoms with Crippen molar-refractivity contribution in [3.8, 4) is 5.75 Å². The molecule has 0 saturated heterocycles. The molecule has 0 spiro atoms. The first-order valence-corrected chi connectivity index (χ1v) is 4.91. The Morgan fingerprint density at radius 3 is 2.53 bits per heavy atom. The molecule has 4 nitrogen and oxygen atoms in total. The predicted octanol–water partition coefficient (Wildman–Crippen LogP) is 0.138. The van der Waals surface area contributed by atoms with E-state index < -0.39 is 6.10 Å². The van der Waals surface area contributed by atoms with Crippen molar-refractivity contribution in [2.75, 3.05) is 20.2 Å². The average molecular weight is 211 g/mol. The van der Waals surface area contributed by atoms with Gasteiger partial charge in [0.15, 0.2) is 0 Å². The molecule has 0 radical (unpaired) electrons. The molecule has 0 aliphatic rings. The second-order valence-electron chi connectivity index (χ2n) is 3.32. The van der Waals surface area contributed by atoms with E-state index >= 15 is 0 Å². The number of hydrogen-bond donors (Lipinski definition) is 3. The van der Waals surface area contributed by atoms with E-state index in [1.807, 2.05) is 0 Å². The lowest BCUT2D eigenvalue weighted by molar-refractivity contribution is 0.108. The molecular weight excluding hydrogens is 194 g/mol. The monoisotopic (exact) mass is 211 g/mol. The third-order valence-electron chi connectivity index (χ3n) is 1.99. The van der Waals surface area contributed by atoms with Crippen LogP contribution in [-0.2, 0) is 6.61 Å². The summed E-state index contributed by atoms with van der Waals surface area (Å²) in [5.41, 5.74) is 0.845. The van der Waals surface area contributed by atoms with E-state index in [-0.39, 0.29) is 13.2 Å². The van der Waals surface area contributed by atoms with E-state index in [0.717, 1.165) is 5.56 Å². The van der Waals surface area contributed by atoms with Crippen LogP contribution in [0.1, 0.15) is 5.56 Å². The number of nitrogens with one attached hydrogen (secondary N) is 1. The highest BCUT2D eigenvalue weighted by atomic mass is 16.5. The Balaban J connectivity index is 2.37. The Kier molecular flexibility index (Phi) is 5.10. The molecule has 3 N–H and O–H groups in total. The predicted molar refractivity (Wildman–Crippen MR) is 57.8 cm³/mol. The Hall–Kier alpha value is -1.10. The number of aliphatic hydroxyl groups excluding tert-OH is 2. The minimum absolute atomic E-state index is 0.0304. The summed E-state index contributed by atoms with van der Waals surface area (Å²) in [6.45, 7) is 0.802. The van der Waals surface area contributed by atoms with Gasteiger partial charge in [0.1, 0.15) is 18.5 Å². The number of likely N-dealkylation sites (N-methyl/N-ethyl adjacent to an activating group) is 1. The maximum absolute atomic E-state index is 9.38. The summed E-state index contributed by atoms with van der Waals surface area (Å²) in [4.78, 5) is 0. The molecule has 1 atom stereocenters. The molecule has 0 aliphatic carbocycles. The largest absolute Gasteiger partial charge is 0.491 e. The van der Waals surface area contributed by atoms with Crippen LogP contribution in [0.3, 0.4) is 0 Å². The van der Waals surface area contributed by atoms with E-state index in [4.69, 9.17) is 9.84 Å². The number of benzene rings is 1. The van der Waals surface area contributed by atoms with Crippen LogP contribution in [0.15, 0.2) is 24.3 Å². The van der Waals surface area contributed by atoms with Crippen molar-refractivity contribution < 1.29 is 14.9 Å². The third-order valence-corrected chi connectivity index (χ3v) is 1.99. The molecular formula is C11H17NO3. The lowest BCUT2D eigenvalue weighted by atomic mass is 10.2. The highest BCUT2D eigenvalue weighted by Crippen LogP contribution is 2.12. The first-order valence-electron chi connectivity index (χ1n) is 4.91. The summed E-state index contributed by atoms with van der Waals surface area (Å²) in [7, 11) is 1.78. The quantitative estimate of drug-likeness (QED) is 0.626. The van der Waals surface area contributed by atoms with Gasteiger partial charge in [-0.25, -0.2) is 0 Å². The van der Waals surface area contributed by atoms with Crippen molar-refractivity contribution in [2.24, 2.45) is 0 Å². The molecule has 4 heteroatoms. The Morgan fingerprint density at radius 2 is 2.00 bits per heavy atom. The number of ether oxygens (including phenoxy) is 1. The molecule has 1 aromatic carbocycles. The van der Waals surface area contributed by atoms with Crippen LogP contribution in [-0.4, -0.2) is 36.5 Å². The summed E-state index contributed by atoms with van der Waals surface area (Å²) in [6.07, 6.45) is -0.507. The molecule has 0 heterocycles. The zero-order valence-electron chi connectivity index (χ0n) is 8.81. The normalized spacial score (nSPS) is 12.5. The van der Waals surface area contributed by atoms with Gasteiger partial charge in [-0.3, -0.25) is 0 Å². The molecule has 1 aromatic rings. The van der Waals surface area contributed by atoms with Crippen LogP contribution in [0.25, 0.3) is 0 Å². The lowest BCUT2D eigenvalue weighted by Crippen LogP contribution is -2.29. The summed E-state index contributed by atoms with van der Waals surface area (Å²) in [6, 6.07) is 7.13. The van der Waals surface area contributed by atoms with Gasteiger partial charge >= 0.3 is 0 Å². The van der Waals surface area contributed by atoms with Crippen LogP contribution in [0.5, 0.6) is 5.75 Å². The minimum Gasteiger partial charge on any atom is -0.491 e. The molecule has 0 aliphatic heterocycles. The molecule has 1 rings (SSSR count). The number of rotatable bonds is 6. The van der Waals surface area contributed by atoms with Crippen LogP contribution >= 0.6 is 0 Å². The second-order valence-corrected chi connectivity index (χ2v) is 3.32. The van der Waals surface area contributed by atoms with Crippen LogP contribution in [0.4, 0.5) is 0 Å². The molecule has 0 aromatic heterocycles. The fraction of sp³-hybridized carbons (Fsp3) is 0.455. The van der Waals surface area contributed by atoms with Crippen molar-refractivity contribution in [1.29, 1.82) is 0 Å². The van der Waals surface area contributed by atoms with Crippen LogP contribution < -0.4 is 10.1 Å². The highest BCUT2D eigenvalue weighted by Gasteiger charge is 2.03. The highest BCUT2D eigenvalue weighted by molar-refractivity contribution is 5.26. The zero-order valence-corrected chi connectivity index (χ0v) is 8.81. The van der Waals surface area contributed by atoms with Gasteiger partial charge in [-0.1, -0.05) is 12.1 Å². The lowest BCUT2D eigenvalue weighted by Gasteiger charge is -2.11. The first-order chi connectivity index (χ1) is 7.26. The standard InChI is InChI=1S/C11H17NO3/c1-12-6-10(14)8-15-11-4-2-9(7-13)3-5-11/h2-5,10,12-14H,6-8H2,1H3. The van der Waals surface area contributed by atoms with Gasteiger partial charge in [-0.2, -0.15) is 0 Å². The first kappa shape index (κ1) is 12.0. The van der Waals surface area contributed by atoms with E-state index in [0.29, 0.717) is 12.3 Å². The molecule has 0 bridgehead atoms. The second kappa shape index (κ2) is 6.40. The average Bonchev–Trinajstić information content (AvgIpc) is 2.27. The Morgan fingerprint density at radius 1 is 1.33 bits per heavy atom. The van der Waals surface area contributed by atoms with Gasteiger partial charge in [-0.05, 0) is 24.7 Å². The van der Waals surface area contributed by atoms with E-state index in [9.17, 15) is 5.11 Å². The Bertz CT molecular complexity index is 274. The molecule has 0 amide bonds. The maximum atomic E-state index is 9.38. The number of hydrogen-bond acceptors (Lipinski definition) is 4. The molecule has 84 valence electrons. The smallest absolute Gasteiger partial charge is 0.119 e. The Labute approximate surface area is 89.5 Å². The van der Waals surface area contributed by atoms with Gasteiger partial charge in [-0.15, -0.1) is 0 Å². The SMILES string of the molecule is CNCC(O)COc1ccc(CO)cc1. The summed E-state index contributed by atoms with van der Waals surface area (Å²) >= 11 is 0. The summed E-state index contributed by atoms with van der Waals surface area (Å²) < 4.78 is 5.35. The van der Waals surface area contributed by atoms with Crippen molar-refractivity contribution in [3.05, 3.63) is 29.8 Å². The van der Waals surface area contributed by atoms with Gasteiger partial charge in [0.25, 0.3) is 0 Å². The van der Waals surface area contributed by atoms with Gasteiger partial charge in [0.05, 0.1) is 6.61 Å². The van der Waals surface area contributed by atoms with Gasteiger partial charge < -0.3 is 20.3 Å². The number of aliphatic hydroxyl groups is 2. The molecule has 0 saturated carbocycles. The van der Waals surface area contributed by atoms with Gasteiger partial charge in [0, 0.05) is 6.54 Å². The fourth-order valence-electron chi connectivity index (χ4n) is 1.18. The van der Waals surface area contributed by atoms with E-state index in [1.165, 1.54) is 0 Å². The van der Waals surface area contributed by atoms with Crippen molar-refractivity contribution in [2.45, 2.75) is 12.7 Å². The van der Waals surface area contributed by atoms with Crippen molar-refractivity contribution in [1.82, 2.24) is 5.32 Å². The molecule has 0 fully saturated rings. The zero-order chi connectivity index (χ0) is 11.1. The minimum atomic E-state index is -0.507. The van der Waals surface area contributed by atoms with Crippen LogP contribution in [0, 0.1) is 0 Å². The van der Waals surface area contributed by atoms with E-state index in [1.54, 1.807) is 31.3 Å². The van der Waals surface area contributed by atoms with Crippen molar-refractivity contribution in [3.63, 3.8) is 0 Å². The van der Waals surface area contributed by atoms with Gasteiger partial charge in [0.2, 0.25) is 0 Å². The third kappa shape index (κ3) is 4.29. The molecule has 1 unspecified atom stereocenters. The maximum Gasteiger partial charge on any atom is 0.119 e. The summed E-state index contributed by atoms with van der Waals surface area (Å²) in [5, 5.41) is 21.1. The fourth-order valence-corrected chi connectivity index (χ4v) is 1.18. The summed E-state index contributed by atoms with van der Waals surface area (Å²) in [5.74, 6) is 0.697. The van der Waals surface area contributed by atoms with Crippen molar-refractivity contribution >= 4 is 0 Å². The van der Waals surface area contributed by atoms with Crippen LogP contribution in [0.2, 0.25) is 0 Å². The molecule has 15 heavy (non-hydrogen) atoms. The topological polar surface area (TPSA) is 61.7 Å². The van der Waals surface area contributed by atoms with E-state index in [2.05, 4.69) is 5.32 Å².